The lowest BCUT2D eigenvalue weighted by Crippen LogP contribution is -2.21. The van der Waals surface area contributed by atoms with Crippen molar-refractivity contribution in [2.24, 2.45) is 0 Å². The van der Waals surface area contributed by atoms with Gasteiger partial charge in [0.15, 0.2) is 5.69 Å². The molecule has 0 aliphatic carbocycles. The first-order valence-electron chi connectivity index (χ1n) is 7.43. The summed E-state index contributed by atoms with van der Waals surface area (Å²) in [6, 6.07) is 11.6. The standard InChI is InChI=1S/C17H15N3O2S/c1-2-22-11-7-5-10(6-8-11)14-13-15(12-4-3-9-23-12)19-20-16(13)17(21)18-14/h3-9,14H,2H2,1H3,(H,18,21)(H,19,20). The van der Waals surface area contributed by atoms with Crippen molar-refractivity contribution in [3.05, 3.63) is 58.6 Å². The van der Waals surface area contributed by atoms with Crippen LogP contribution in [0, 0.1) is 0 Å². The number of nitrogens with one attached hydrogen (secondary N) is 2. The Labute approximate surface area is 137 Å². The van der Waals surface area contributed by atoms with Gasteiger partial charge in [0.05, 0.1) is 23.2 Å². The fourth-order valence-corrected chi connectivity index (χ4v) is 3.59. The Bertz CT molecular complexity index is 837. The molecule has 3 aromatic rings. The lowest BCUT2D eigenvalue weighted by atomic mass is 9.99. The van der Waals surface area contributed by atoms with Crippen molar-refractivity contribution in [3.63, 3.8) is 0 Å². The molecular formula is C17H15N3O2S. The number of fused-ring (bicyclic) bond motifs is 1. The first-order valence-corrected chi connectivity index (χ1v) is 8.31. The number of benzene rings is 1. The number of H-pyrrole nitrogens is 1. The molecule has 0 fully saturated rings. The van der Waals surface area contributed by atoms with E-state index in [0.717, 1.165) is 27.4 Å². The van der Waals surface area contributed by atoms with Gasteiger partial charge in [0.2, 0.25) is 0 Å². The van der Waals surface area contributed by atoms with E-state index in [-0.39, 0.29) is 11.9 Å². The molecule has 0 radical (unpaired) electrons. The summed E-state index contributed by atoms with van der Waals surface area (Å²) in [5.41, 5.74) is 3.32. The molecule has 3 heterocycles. The maximum absolute atomic E-state index is 12.2. The number of aromatic nitrogens is 2. The van der Waals surface area contributed by atoms with Crippen molar-refractivity contribution in [3.8, 4) is 16.3 Å². The number of ether oxygens (including phenoxy) is 1. The molecule has 2 aromatic heterocycles. The van der Waals surface area contributed by atoms with Crippen LogP contribution in [-0.2, 0) is 0 Å². The predicted octanol–water partition coefficient (Wildman–Crippen LogP) is 3.37. The van der Waals surface area contributed by atoms with Crippen molar-refractivity contribution >= 4 is 17.2 Å². The number of thiophene rings is 1. The van der Waals surface area contributed by atoms with E-state index in [1.54, 1.807) is 11.3 Å². The summed E-state index contributed by atoms with van der Waals surface area (Å²) >= 11 is 1.62. The van der Waals surface area contributed by atoms with Gasteiger partial charge < -0.3 is 10.1 Å². The minimum absolute atomic E-state index is 0.141. The molecule has 0 bridgehead atoms. The molecule has 0 spiro atoms. The van der Waals surface area contributed by atoms with Gasteiger partial charge in [0.1, 0.15) is 5.75 Å². The zero-order valence-electron chi connectivity index (χ0n) is 12.5. The summed E-state index contributed by atoms with van der Waals surface area (Å²) in [4.78, 5) is 13.3. The maximum atomic E-state index is 12.2. The minimum Gasteiger partial charge on any atom is -0.494 e. The molecule has 1 unspecified atom stereocenters. The Kier molecular flexibility index (Phi) is 3.38. The van der Waals surface area contributed by atoms with Gasteiger partial charge in [-0.2, -0.15) is 5.10 Å². The quantitative estimate of drug-likeness (QED) is 0.773. The molecule has 23 heavy (non-hydrogen) atoms. The van der Waals surface area contributed by atoms with Gasteiger partial charge >= 0.3 is 0 Å². The monoisotopic (exact) mass is 325 g/mol. The highest BCUT2D eigenvalue weighted by Gasteiger charge is 2.35. The number of carbonyl (C=O) groups is 1. The second kappa shape index (κ2) is 5.55. The summed E-state index contributed by atoms with van der Waals surface area (Å²) in [5.74, 6) is 0.685. The van der Waals surface area contributed by atoms with Crippen molar-refractivity contribution in [2.45, 2.75) is 13.0 Å². The van der Waals surface area contributed by atoms with E-state index in [9.17, 15) is 4.79 Å². The number of aromatic amines is 1. The summed E-state index contributed by atoms with van der Waals surface area (Å²) in [5, 5.41) is 12.2. The van der Waals surface area contributed by atoms with E-state index in [0.29, 0.717) is 12.3 Å². The van der Waals surface area contributed by atoms with Crippen molar-refractivity contribution < 1.29 is 9.53 Å². The first-order chi connectivity index (χ1) is 11.3. The Balaban J connectivity index is 1.76. The van der Waals surface area contributed by atoms with Crippen LogP contribution in [0.1, 0.15) is 34.6 Å². The molecule has 0 saturated carbocycles. The first kappa shape index (κ1) is 14.0. The second-order valence-corrected chi connectivity index (χ2v) is 6.19. The van der Waals surface area contributed by atoms with Crippen molar-refractivity contribution in [1.29, 1.82) is 0 Å². The molecule has 5 nitrogen and oxygen atoms in total. The smallest absolute Gasteiger partial charge is 0.272 e. The number of carbonyl (C=O) groups excluding carboxylic acids is 1. The van der Waals surface area contributed by atoms with E-state index >= 15 is 0 Å². The van der Waals surface area contributed by atoms with Gasteiger partial charge in [0.25, 0.3) is 5.91 Å². The molecule has 4 rings (SSSR count). The van der Waals surface area contributed by atoms with Crippen LogP contribution in [-0.4, -0.2) is 22.7 Å². The summed E-state index contributed by atoms with van der Waals surface area (Å²) in [7, 11) is 0. The van der Waals surface area contributed by atoms with E-state index in [2.05, 4.69) is 15.5 Å². The molecule has 116 valence electrons. The zero-order chi connectivity index (χ0) is 15.8. The molecule has 2 N–H and O–H groups in total. The average Bonchev–Trinajstić information content (AvgIpc) is 3.27. The van der Waals surface area contributed by atoms with Crippen molar-refractivity contribution in [2.75, 3.05) is 6.61 Å². The van der Waals surface area contributed by atoms with Gasteiger partial charge in [-0.05, 0) is 36.1 Å². The molecule has 1 amide bonds. The van der Waals surface area contributed by atoms with Crippen LogP contribution < -0.4 is 10.1 Å². The van der Waals surface area contributed by atoms with Crippen LogP contribution in [0.2, 0.25) is 0 Å². The summed E-state index contributed by atoms with van der Waals surface area (Å²) in [6.07, 6.45) is 0. The average molecular weight is 325 g/mol. The molecule has 1 aliphatic heterocycles. The normalized spacial score (nSPS) is 16.2. The lowest BCUT2D eigenvalue weighted by Gasteiger charge is -2.14. The second-order valence-electron chi connectivity index (χ2n) is 5.25. The highest BCUT2D eigenvalue weighted by atomic mass is 32.1. The van der Waals surface area contributed by atoms with Gasteiger partial charge in [0, 0.05) is 5.56 Å². The van der Waals surface area contributed by atoms with E-state index < -0.39 is 0 Å². The Hall–Kier alpha value is -2.60. The third-order valence-corrected chi connectivity index (χ3v) is 4.76. The van der Waals surface area contributed by atoms with Gasteiger partial charge in [-0.1, -0.05) is 18.2 Å². The van der Waals surface area contributed by atoms with Crippen LogP contribution in [0.3, 0.4) is 0 Å². The van der Waals surface area contributed by atoms with Gasteiger partial charge in [-0.15, -0.1) is 11.3 Å². The predicted molar refractivity (Wildman–Crippen MR) is 88.8 cm³/mol. The highest BCUT2D eigenvalue weighted by molar-refractivity contribution is 7.13. The van der Waals surface area contributed by atoms with Crippen LogP contribution in [0.5, 0.6) is 5.75 Å². The topological polar surface area (TPSA) is 67.0 Å². The van der Waals surface area contributed by atoms with Gasteiger partial charge in [-0.25, -0.2) is 0 Å². The fourth-order valence-electron chi connectivity index (χ4n) is 2.86. The van der Waals surface area contributed by atoms with E-state index in [1.165, 1.54) is 0 Å². The molecule has 1 aromatic carbocycles. The number of hydrogen-bond donors (Lipinski definition) is 2. The van der Waals surface area contributed by atoms with Crippen LogP contribution in [0.15, 0.2) is 41.8 Å². The van der Waals surface area contributed by atoms with Crippen LogP contribution in [0.4, 0.5) is 0 Å². The number of amides is 1. The van der Waals surface area contributed by atoms with E-state index in [4.69, 9.17) is 4.74 Å². The molecule has 6 heteroatoms. The number of nitrogens with zero attached hydrogens (tertiary/aromatic N) is 1. The number of hydrogen-bond acceptors (Lipinski definition) is 4. The third kappa shape index (κ3) is 2.31. The minimum atomic E-state index is -0.191. The zero-order valence-corrected chi connectivity index (χ0v) is 13.3. The van der Waals surface area contributed by atoms with Crippen molar-refractivity contribution in [1.82, 2.24) is 15.5 Å². The Morgan fingerprint density at radius 1 is 1.26 bits per heavy atom. The summed E-state index contributed by atoms with van der Waals surface area (Å²) in [6.45, 7) is 2.59. The highest BCUT2D eigenvalue weighted by Crippen LogP contribution is 2.38. The summed E-state index contributed by atoms with van der Waals surface area (Å²) < 4.78 is 5.48. The number of rotatable bonds is 4. The van der Waals surface area contributed by atoms with Crippen LogP contribution >= 0.6 is 11.3 Å². The van der Waals surface area contributed by atoms with Crippen LogP contribution in [0.25, 0.3) is 10.6 Å². The molecule has 0 saturated heterocycles. The fraction of sp³-hybridized carbons (Fsp3) is 0.176. The lowest BCUT2D eigenvalue weighted by molar-refractivity contribution is 0.0955. The Morgan fingerprint density at radius 2 is 2.09 bits per heavy atom. The molecular weight excluding hydrogens is 310 g/mol. The Morgan fingerprint density at radius 3 is 2.78 bits per heavy atom. The molecule has 1 aliphatic rings. The largest absolute Gasteiger partial charge is 0.494 e. The van der Waals surface area contributed by atoms with Gasteiger partial charge in [-0.3, -0.25) is 9.89 Å². The van der Waals surface area contributed by atoms with E-state index in [1.807, 2.05) is 48.7 Å². The SMILES string of the molecule is CCOc1ccc(C2NC(=O)c3n[nH]c(-c4cccs4)c32)cc1. The maximum Gasteiger partial charge on any atom is 0.272 e. The third-order valence-electron chi connectivity index (χ3n) is 3.88. The molecule has 1 atom stereocenters.